The number of nitrogens with one attached hydrogen (secondary N) is 1. The van der Waals surface area contributed by atoms with Crippen LogP contribution in [0, 0.1) is 6.92 Å². The molecule has 0 amide bonds. The summed E-state index contributed by atoms with van der Waals surface area (Å²) >= 11 is 0.623. The number of hydrogen-bond acceptors (Lipinski definition) is 6. The van der Waals surface area contributed by atoms with Gasteiger partial charge in [0.15, 0.2) is 4.21 Å². The van der Waals surface area contributed by atoms with Gasteiger partial charge in [-0.05, 0) is 20.3 Å². The normalized spacial score (nSPS) is 11.8. The SMILES string of the molecule is CCCN(CC(=O)OCC)S(=O)(=O)c1sc(=O)[nH]c1C. The second-order valence-corrected chi connectivity index (χ2v) is 7.19. The van der Waals surface area contributed by atoms with Crippen LogP contribution in [0.15, 0.2) is 9.00 Å². The van der Waals surface area contributed by atoms with E-state index in [-0.39, 0.29) is 29.6 Å². The number of aromatic amines is 1. The molecule has 0 aliphatic heterocycles. The Morgan fingerprint density at radius 1 is 1.40 bits per heavy atom. The smallest absolute Gasteiger partial charge is 0.321 e. The van der Waals surface area contributed by atoms with Gasteiger partial charge in [-0.3, -0.25) is 9.59 Å². The Hall–Kier alpha value is -1.19. The average Bonchev–Trinajstić information content (AvgIpc) is 2.69. The summed E-state index contributed by atoms with van der Waals surface area (Å²) in [5.41, 5.74) is 0.282. The van der Waals surface area contributed by atoms with Crippen LogP contribution in [0.2, 0.25) is 0 Å². The highest BCUT2D eigenvalue weighted by Crippen LogP contribution is 2.21. The molecule has 0 saturated heterocycles. The maximum atomic E-state index is 12.5. The van der Waals surface area contributed by atoms with Crippen molar-refractivity contribution in [1.82, 2.24) is 9.29 Å². The Bertz CT molecular complexity index is 617. The molecule has 1 heterocycles. The Kier molecular flexibility index (Phi) is 5.90. The number of aryl methyl sites for hydroxylation is 1. The molecule has 0 aliphatic rings. The zero-order valence-corrected chi connectivity index (χ0v) is 13.3. The molecular formula is C11H18N2O5S2. The lowest BCUT2D eigenvalue weighted by Gasteiger charge is -2.19. The van der Waals surface area contributed by atoms with Crippen molar-refractivity contribution in [3.8, 4) is 0 Å². The molecule has 0 aromatic carbocycles. The summed E-state index contributed by atoms with van der Waals surface area (Å²) in [6.07, 6.45) is 0.553. The van der Waals surface area contributed by atoms with E-state index in [1.807, 2.05) is 0 Å². The van der Waals surface area contributed by atoms with Crippen LogP contribution in [0.4, 0.5) is 0 Å². The molecule has 0 saturated carbocycles. The van der Waals surface area contributed by atoms with Gasteiger partial charge in [-0.15, -0.1) is 0 Å². The van der Waals surface area contributed by atoms with Crippen molar-refractivity contribution in [3.05, 3.63) is 15.4 Å². The van der Waals surface area contributed by atoms with Crippen LogP contribution in [0.1, 0.15) is 26.0 Å². The number of ether oxygens (including phenoxy) is 1. The third-order valence-corrected chi connectivity index (χ3v) is 5.87. The van der Waals surface area contributed by atoms with E-state index in [0.29, 0.717) is 17.8 Å². The molecular weight excluding hydrogens is 304 g/mol. The molecule has 0 fully saturated rings. The molecule has 1 aromatic heterocycles. The molecule has 1 N–H and O–H groups in total. The zero-order chi connectivity index (χ0) is 15.3. The van der Waals surface area contributed by atoms with Crippen LogP contribution in [-0.4, -0.2) is 43.4 Å². The Morgan fingerprint density at radius 3 is 2.50 bits per heavy atom. The highest BCUT2D eigenvalue weighted by atomic mass is 32.2. The van der Waals surface area contributed by atoms with Crippen molar-refractivity contribution in [2.45, 2.75) is 31.4 Å². The molecule has 0 unspecified atom stereocenters. The predicted octanol–water partition coefficient (Wildman–Crippen LogP) is 0.709. The van der Waals surface area contributed by atoms with Gasteiger partial charge in [-0.1, -0.05) is 18.3 Å². The molecule has 0 spiro atoms. The number of aromatic nitrogens is 1. The van der Waals surface area contributed by atoms with E-state index in [1.165, 1.54) is 6.92 Å². The van der Waals surface area contributed by atoms with Gasteiger partial charge in [-0.25, -0.2) is 8.42 Å². The monoisotopic (exact) mass is 322 g/mol. The molecule has 1 aromatic rings. The lowest BCUT2D eigenvalue weighted by atomic mass is 10.5. The Labute approximate surface area is 121 Å². The maximum Gasteiger partial charge on any atom is 0.321 e. The average molecular weight is 322 g/mol. The van der Waals surface area contributed by atoms with Crippen LogP contribution in [0.5, 0.6) is 0 Å². The van der Waals surface area contributed by atoms with Gasteiger partial charge >= 0.3 is 10.8 Å². The first-order valence-corrected chi connectivity index (χ1v) is 8.44. The van der Waals surface area contributed by atoms with Crippen molar-refractivity contribution >= 4 is 27.3 Å². The summed E-state index contributed by atoms with van der Waals surface area (Å²) in [6, 6.07) is 0. The van der Waals surface area contributed by atoms with Gasteiger partial charge in [-0.2, -0.15) is 4.31 Å². The molecule has 0 radical (unpaired) electrons. The van der Waals surface area contributed by atoms with Gasteiger partial charge < -0.3 is 9.72 Å². The van der Waals surface area contributed by atoms with Crippen LogP contribution in [0.3, 0.4) is 0 Å². The molecule has 0 aliphatic carbocycles. The first-order chi connectivity index (χ1) is 9.32. The quantitative estimate of drug-likeness (QED) is 0.746. The molecule has 7 nitrogen and oxygen atoms in total. The second-order valence-electron chi connectivity index (χ2n) is 4.07. The van der Waals surface area contributed by atoms with E-state index in [9.17, 15) is 18.0 Å². The lowest BCUT2D eigenvalue weighted by Crippen LogP contribution is -2.37. The maximum absolute atomic E-state index is 12.5. The third kappa shape index (κ3) is 3.90. The minimum atomic E-state index is -3.87. The molecule has 114 valence electrons. The molecule has 20 heavy (non-hydrogen) atoms. The largest absolute Gasteiger partial charge is 0.465 e. The van der Waals surface area contributed by atoms with E-state index in [1.54, 1.807) is 13.8 Å². The van der Waals surface area contributed by atoms with Crippen molar-refractivity contribution in [2.75, 3.05) is 19.7 Å². The Morgan fingerprint density at radius 2 is 2.05 bits per heavy atom. The number of carbonyl (C=O) groups is 1. The lowest BCUT2D eigenvalue weighted by molar-refractivity contribution is -0.143. The number of sulfonamides is 1. The summed E-state index contributed by atoms with van der Waals surface area (Å²) in [6.45, 7) is 5.00. The minimum absolute atomic E-state index is 0.0553. The van der Waals surface area contributed by atoms with Gasteiger partial charge in [0.1, 0.15) is 6.54 Å². The fourth-order valence-corrected chi connectivity index (χ4v) is 4.55. The standard InChI is InChI=1S/C11H18N2O5S2/c1-4-6-13(7-9(14)18-5-2)20(16,17)10-8(3)12-11(15)19-10/h4-7H2,1-3H3,(H,12,15). The van der Waals surface area contributed by atoms with Gasteiger partial charge in [0.2, 0.25) is 0 Å². The molecule has 0 atom stereocenters. The number of esters is 1. The van der Waals surface area contributed by atoms with E-state index in [4.69, 9.17) is 4.74 Å². The highest BCUT2D eigenvalue weighted by Gasteiger charge is 2.30. The van der Waals surface area contributed by atoms with E-state index < -0.39 is 20.9 Å². The second kappa shape index (κ2) is 7.00. The fourth-order valence-electron chi connectivity index (χ4n) is 1.64. The van der Waals surface area contributed by atoms with Gasteiger partial charge in [0.05, 0.1) is 6.61 Å². The predicted molar refractivity (Wildman–Crippen MR) is 75.4 cm³/mol. The number of nitrogens with zero attached hydrogens (tertiary/aromatic N) is 1. The third-order valence-electron chi connectivity index (χ3n) is 2.44. The Balaban J connectivity index is 3.09. The highest BCUT2D eigenvalue weighted by molar-refractivity contribution is 7.91. The van der Waals surface area contributed by atoms with Crippen LogP contribution in [0.25, 0.3) is 0 Å². The topological polar surface area (TPSA) is 96.5 Å². The molecule has 1 rings (SSSR count). The first-order valence-electron chi connectivity index (χ1n) is 6.18. The van der Waals surface area contributed by atoms with Crippen LogP contribution in [-0.2, 0) is 19.6 Å². The van der Waals surface area contributed by atoms with Crippen molar-refractivity contribution in [1.29, 1.82) is 0 Å². The van der Waals surface area contributed by atoms with Crippen LogP contribution >= 0.6 is 11.3 Å². The summed E-state index contributed by atoms with van der Waals surface area (Å²) in [5.74, 6) is -0.606. The zero-order valence-electron chi connectivity index (χ0n) is 11.6. The summed E-state index contributed by atoms with van der Waals surface area (Å²) in [5, 5.41) is 0. The summed E-state index contributed by atoms with van der Waals surface area (Å²) in [4.78, 5) is 24.7. The van der Waals surface area contributed by atoms with Crippen LogP contribution < -0.4 is 4.87 Å². The fraction of sp³-hybridized carbons (Fsp3) is 0.636. The van der Waals surface area contributed by atoms with Crippen molar-refractivity contribution < 1.29 is 17.9 Å². The van der Waals surface area contributed by atoms with Gasteiger partial charge in [0, 0.05) is 12.2 Å². The number of carbonyl (C=O) groups excluding carboxylic acids is 1. The van der Waals surface area contributed by atoms with Crippen molar-refractivity contribution in [2.24, 2.45) is 0 Å². The van der Waals surface area contributed by atoms with Crippen molar-refractivity contribution in [3.63, 3.8) is 0 Å². The molecule has 9 heteroatoms. The number of thiazole rings is 1. The van der Waals surface area contributed by atoms with E-state index >= 15 is 0 Å². The summed E-state index contributed by atoms with van der Waals surface area (Å²) < 4.78 is 30.7. The van der Waals surface area contributed by atoms with Gasteiger partial charge in [0.25, 0.3) is 10.0 Å². The van der Waals surface area contributed by atoms with E-state index in [0.717, 1.165) is 4.31 Å². The van der Waals surface area contributed by atoms with E-state index in [2.05, 4.69) is 4.98 Å². The minimum Gasteiger partial charge on any atom is -0.465 e. The number of hydrogen-bond donors (Lipinski definition) is 1. The number of H-pyrrole nitrogens is 1. The summed E-state index contributed by atoms with van der Waals surface area (Å²) in [7, 11) is -3.87. The molecule has 0 bridgehead atoms. The first kappa shape index (κ1) is 16.9. The number of rotatable bonds is 7.